The van der Waals surface area contributed by atoms with E-state index in [-0.39, 0.29) is 16.6 Å². The molecule has 0 heterocycles. The average Bonchev–Trinajstić information content (AvgIpc) is 2.97. The molecule has 0 aliphatic heterocycles. The Morgan fingerprint density at radius 3 is 1.38 bits per heavy atom. The van der Waals surface area contributed by atoms with E-state index >= 15 is 0 Å². The van der Waals surface area contributed by atoms with E-state index in [2.05, 4.69) is 189 Å². The van der Waals surface area contributed by atoms with Crippen molar-refractivity contribution in [3.8, 4) is 12.3 Å². The van der Waals surface area contributed by atoms with Crippen LogP contribution in [0.3, 0.4) is 0 Å². The lowest BCUT2D eigenvalue weighted by Crippen LogP contribution is -2.24. The number of benzene rings is 1. The molecule has 0 saturated carbocycles. The standard InChI is InChI=1S/C9H17NS.C7H5NS.C6H11NS.2C5H9NS.C4H3NS/c1-8(2,3)6-9(4,5)10-7-11;9-6-8-7-4-2-1-3-5-7;1-4-6(2,3)7-5-8;1-5(2,3)6-4-7;1-3-5(2)6-4-7;1-2-3-5-4-6/h6H2,1-5H3;1-5H;4H2,1-3H3;1-3H3;5H,3H2,1-2H3;1H,3H2. The largest absolute Gasteiger partial charge is 0.229 e. The van der Waals surface area contributed by atoms with Crippen LogP contribution in [0.1, 0.15) is 109 Å². The maximum Gasteiger partial charge on any atom is 0.110 e. The minimum atomic E-state index is -0.0556. The summed E-state index contributed by atoms with van der Waals surface area (Å²) in [6.45, 7) is 27.3. The monoisotopic (exact) mass is 762 g/mol. The second-order valence-corrected chi connectivity index (χ2v) is 14.2. The number of isothiocyanates is 6. The van der Waals surface area contributed by atoms with Crippen molar-refractivity contribution in [1.29, 1.82) is 0 Å². The van der Waals surface area contributed by atoms with Crippen LogP contribution in [0.15, 0.2) is 60.3 Å². The van der Waals surface area contributed by atoms with Crippen LogP contribution in [0.4, 0.5) is 5.69 Å². The fourth-order valence-electron chi connectivity index (χ4n) is 2.61. The van der Waals surface area contributed by atoms with Crippen molar-refractivity contribution in [2.45, 2.75) is 132 Å². The summed E-state index contributed by atoms with van der Waals surface area (Å²) < 4.78 is 0. The van der Waals surface area contributed by atoms with E-state index < -0.39 is 0 Å². The minimum Gasteiger partial charge on any atom is -0.229 e. The second kappa shape index (κ2) is 34.4. The number of hydrogen-bond acceptors (Lipinski definition) is 12. The first-order valence-corrected chi connectivity index (χ1v) is 17.5. The lowest BCUT2D eigenvalue weighted by Gasteiger charge is -2.27. The first-order valence-electron chi connectivity index (χ1n) is 15.0. The topological polar surface area (TPSA) is 74.2 Å². The van der Waals surface area contributed by atoms with Gasteiger partial charge in [-0.2, -0.15) is 4.99 Å². The molecule has 0 aliphatic carbocycles. The molecule has 12 heteroatoms. The highest BCUT2D eigenvalue weighted by Gasteiger charge is 2.24. The fourth-order valence-corrected chi connectivity index (χ4v) is 3.73. The van der Waals surface area contributed by atoms with Gasteiger partial charge in [-0.25, -0.2) is 25.0 Å². The number of hydrogen-bond donors (Lipinski definition) is 0. The molecule has 0 saturated heterocycles. The normalized spacial score (nSPS) is 10.0. The lowest BCUT2D eigenvalue weighted by molar-refractivity contribution is 0.289. The number of terminal acetylenes is 1. The number of para-hydroxylation sites is 1. The van der Waals surface area contributed by atoms with Crippen LogP contribution in [0, 0.1) is 17.8 Å². The molecule has 48 heavy (non-hydrogen) atoms. The molecule has 0 aromatic heterocycles. The van der Waals surface area contributed by atoms with Crippen molar-refractivity contribution in [1.82, 2.24) is 0 Å². The third-order valence-electron chi connectivity index (χ3n) is 4.94. The van der Waals surface area contributed by atoms with E-state index in [9.17, 15) is 0 Å². The third-order valence-corrected chi connectivity index (χ3v) is 5.54. The van der Waals surface area contributed by atoms with Crippen LogP contribution >= 0.6 is 73.3 Å². The lowest BCUT2D eigenvalue weighted by atomic mass is 9.82. The molecule has 0 N–H and O–H groups in total. The van der Waals surface area contributed by atoms with Gasteiger partial charge in [-0.15, -0.1) is 6.42 Å². The summed E-state index contributed by atoms with van der Waals surface area (Å²) >= 11 is 26.4. The van der Waals surface area contributed by atoms with E-state index in [1.165, 1.54) is 0 Å². The summed E-state index contributed by atoms with van der Waals surface area (Å²) in [6.07, 6.45) is 7.87. The van der Waals surface area contributed by atoms with Gasteiger partial charge >= 0.3 is 0 Å². The Bertz CT molecular complexity index is 1320. The Labute approximate surface area is 324 Å². The zero-order valence-corrected chi connectivity index (χ0v) is 35.9. The summed E-state index contributed by atoms with van der Waals surface area (Å²) in [5.41, 5.74) is 1.07. The summed E-state index contributed by atoms with van der Waals surface area (Å²) in [7, 11) is 0. The molecule has 0 bridgehead atoms. The van der Waals surface area contributed by atoms with Crippen molar-refractivity contribution in [3.63, 3.8) is 0 Å². The van der Waals surface area contributed by atoms with E-state index in [1.54, 1.807) is 0 Å². The zero-order valence-electron chi connectivity index (χ0n) is 31.0. The van der Waals surface area contributed by atoms with Gasteiger partial charge in [0.1, 0.15) is 6.54 Å². The SMILES string of the molecule is C#CCN=C=S.CC(C)(C)CC(C)(C)N=C=S.CC(C)(C)N=C=S.CCC(C)(C)N=C=S.CCC(C)N=C=S.S=C=Nc1ccccc1. The van der Waals surface area contributed by atoms with Gasteiger partial charge < -0.3 is 0 Å². The second-order valence-electron chi connectivity index (χ2n) is 13.1. The Morgan fingerprint density at radius 1 is 0.667 bits per heavy atom. The quantitative estimate of drug-likeness (QED) is 0.149. The van der Waals surface area contributed by atoms with Crippen LogP contribution in [0.25, 0.3) is 0 Å². The smallest absolute Gasteiger partial charge is 0.110 e. The molecule has 0 aliphatic rings. The average molecular weight is 763 g/mol. The molecule has 1 rings (SSSR count). The number of rotatable bonds is 8. The molecule has 0 radical (unpaired) electrons. The summed E-state index contributed by atoms with van der Waals surface area (Å²) in [5, 5.41) is 13.9. The van der Waals surface area contributed by atoms with Gasteiger partial charge in [0, 0.05) is 0 Å². The Morgan fingerprint density at radius 2 is 1.15 bits per heavy atom. The first kappa shape index (κ1) is 55.0. The highest BCUT2D eigenvalue weighted by atomic mass is 32.1. The van der Waals surface area contributed by atoms with Crippen molar-refractivity contribution < 1.29 is 0 Å². The first-order chi connectivity index (χ1) is 22.1. The van der Waals surface area contributed by atoms with Gasteiger partial charge in [-0.1, -0.05) is 58.7 Å². The maximum atomic E-state index is 4.78. The molecule has 0 amide bonds. The number of thiocarbonyl (C=S) groups is 6. The molecule has 1 aromatic carbocycles. The van der Waals surface area contributed by atoms with Crippen LogP contribution in [-0.4, -0.2) is 60.2 Å². The Kier molecular flexibility index (Phi) is 39.5. The van der Waals surface area contributed by atoms with Crippen LogP contribution in [0.2, 0.25) is 0 Å². The predicted molar refractivity (Wildman–Crippen MR) is 232 cm³/mol. The van der Waals surface area contributed by atoms with Gasteiger partial charge in [-0.05, 0) is 166 Å². The molecule has 264 valence electrons. The molecular formula is C36H54N6S6. The molecule has 1 aromatic rings. The van der Waals surface area contributed by atoms with E-state index in [0.717, 1.165) is 24.9 Å². The van der Waals surface area contributed by atoms with Gasteiger partial charge in [0.2, 0.25) is 0 Å². The molecule has 6 nitrogen and oxygen atoms in total. The highest BCUT2D eigenvalue weighted by molar-refractivity contribution is 7.79. The third kappa shape index (κ3) is 55.9. The van der Waals surface area contributed by atoms with Crippen molar-refractivity contribution >= 4 is 110 Å². The Hall–Kier alpha value is -2.42. The van der Waals surface area contributed by atoms with Gasteiger partial charge in [-0.3, -0.25) is 0 Å². The van der Waals surface area contributed by atoms with Gasteiger partial charge in [0.05, 0.1) is 59.3 Å². The fraction of sp³-hybridized carbons (Fsp3) is 0.611. The molecule has 0 fully saturated rings. The minimum absolute atomic E-state index is 0.00174. The zero-order chi connectivity index (χ0) is 38.7. The molecule has 0 spiro atoms. The van der Waals surface area contributed by atoms with Crippen molar-refractivity contribution in [2.24, 2.45) is 35.4 Å². The van der Waals surface area contributed by atoms with Crippen LogP contribution < -0.4 is 0 Å². The summed E-state index contributed by atoms with van der Waals surface area (Å²) in [4.78, 5) is 22.9. The van der Waals surface area contributed by atoms with Gasteiger partial charge in [0.25, 0.3) is 0 Å². The highest BCUT2D eigenvalue weighted by Crippen LogP contribution is 2.28. The molecular weight excluding hydrogens is 709 g/mol. The number of aliphatic imine (C=N–C) groups is 6. The van der Waals surface area contributed by atoms with E-state index in [1.807, 2.05) is 71.9 Å². The van der Waals surface area contributed by atoms with Crippen molar-refractivity contribution in [3.05, 3.63) is 30.3 Å². The summed E-state index contributed by atoms with van der Waals surface area (Å²) in [5.74, 6) is 2.27. The maximum absolute atomic E-state index is 4.78. The van der Waals surface area contributed by atoms with Gasteiger partial charge in [0.15, 0.2) is 0 Å². The van der Waals surface area contributed by atoms with Crippen LogP contribution in [0.5, 0.6) is 0 Å². The number of nitrogens with zero attached hydrogens (tertiary/aromatic N) is 6. The van der Waals surface area contributed by atoms with Crippen LogP contribution in [-0.2, 0) is 0 Å². The molecule has 1 unspecified atom stereocenters. The molecule has 1 atom stereocenters. The van der Waals surface area contributed by atoms with Crippen molar-refractivity contribution in [2.75, 3.05) is 6.54 Å². The van der Waals surface area contributed by atoms with E-state index in [4.69, 9.17) is 6.42 Å². The summed E-state index contributed by atoms with van der Waals surface area (Å²) in [6, 6.07) is 9.86. The predicted octanol–water partition coefficient (Wildman–Crippen LogP) is 12.5. The Balaban J connectivity index is -0.000000156. The van der Waals surface area contributed by atoms with E-state index in [0.29, 0.717) is 18.0 Å².